The van der Waals surface area contributed by atoms with Gasteiger partial charge in [0.05, 0.1) is 0 Å². The number of nitrogens with one attached hydrogen (secondary N) is 1. The summed E-state index contributed by atoms with van der Waals surface area (Å²) in [6, 6.07) is 7.62. The first-order valence-corrected chi connectivity index (χ1v) is 3.80. The average molecular weight is 171 g/mol. The highest BCUT2D eigenvalue weighted by molar-refractivity contribution is 5.69. The van der Waals surface area contributed by atoms with Crippen molar-refractivity contribution in [3.63, 3.8) is 0 Å². The summed E-state index contributed by atoms with van der Waals surface area (Å²) in [7, 11) is 0. The molecule has 0 amide bonds. The second-order valence-electron chi connectivity index (χ2n) is 2.50. The molecule has 1 heterocycles. The van der Waals surface area contributed by atoms with Crippen LogP contribution in [-0.2, 0) is 0 Å². The molecule has 0 saturated carbocycles. The number of hydrogen-bond donors (Lipinski definition) is 1. The zero-order valence-corrected chi connectivity index (χ0v) is 6.81. The molecule has 2 aromatic rings. The number of aromatic nitrogens is 4. The quantitative estimate of drug-likeness (QED) is 0.741. The Morgan fingerprint density at radius 2 is 2.15 bits per heavy atom. The fourth-order valence-corrected chi connectivity index (χ4v) is 1.13. The second kappa shape index (κ2) is 3.18. The molecule has 1 N–H and O–H groups in total. The summed E-state index contributed by atoms with van der Waals surface area (Å²) in [5.74, 6) is 0.623. The lowest BCUT2D eigenvalue weighted by Crippen LogP contribution is -1.84. The molecule has 2 rings (SSSR count). The van der Waals surface area contributed by atoms with E-state index in [1.807, 2.05) is 24.3 Å². The van der Waals surface area contributed by atoms with Gasteiger partial charge in [0.15, 0.2) is 5.82 Å². The van der Waals surface area contributed by atoms with Gasteiger partial charge in [-0.3, -0.25) is 0 Å². The maximum Gasteiger partial charge on any atom is 0.180 e. The highest BCUT2D eigenvalue weighted by atomic mass is 15.5. The number of benzene rings is 1. The van der Waals surface area contributed by atoms with Crippen LogP contribution in [0, 0.1) is 6.58 Å². The Morgan fingerprint density at radius 1 is 1.31 bits per heavy atom. The van der Waals surface area contributed by atoms with E-state index in [-0.39, 0.29) is 0 Å². The molecule has 63 valence electrons. The van der Waals surface area contributed by atoms with E-state index in [0.717, 1.165) is 11.1 Å². The van der Waals surface area contributed by atoms with E-state index >= 15 is 0 Å². The van der Waals surface area contributed by atoms with Gasteiger partial charge in [0.1, 0.15) is 0 Å². The minimum absolute atomic E-state index is 0.623. The Morgan fingerprint density at radius 3 is 2.85 bits per heavy atom. The van der Waals surface area contributed by atoms with E-state index in [2.05, 4.69) is 20.6 Å². The molecule has 0 saturated heterocycles. The van der Waals surface area contributed by atoms with Crippen LogP contribution in [0.3, 0.4) is 0 Å². The van der Waals surface area contributed by atoms with Gasteiger partial charge in [0, 0.05) is 5.56 Å². The van der Waals surface area contributed by atoms with Crippen LogP contribution in [0.25, 0.3) is 17.5 Å². The number of aromatic amines is 1. The Hall–Kier alpha value is -1.97. The Bertz CT molecular complexity index is 405. The number of tetrazole rings is 1. The summed E-state index contributed by atoms with van der Waals surface area (Å²) >= 11 is 0. The van der Waals surface area contributed by atoms with Crippen LogP contribution >= 0.6 is 0 Å². The first kappa shape index (κ1) is 7.67. The molecule has 0 aliphatic heterocycles. The van der Waals surface area contributed by atoms with Crippen LogP contribution in [-0.4, -0.2) is 20.6 Å². The molecule has 1 aromatic heterocycles. The average Bonchev–Trinajstić information content (AvgIpc) is 2.70. The smallest absolute Gasteiger partial charge is 0.180 e. The third kappa shape index (κ3) is 1.33. The van der Waals surface area contributed by atoms with Crippen molar-refractivity contribution in [1.82, 2.24) is 20.6 Å². The zero-order valence-electron chi connectivity index (χ0n) is 6.81. The van der Waals surface area contributed by atoms with E-state index in [4.69, 9.17) is 6.58 Å². The molecular formula is C9H7N4. The fourth-order valence-electron chi connectivity index (χ4n) is 1.13. The highest BCUT2D eigenvalue weighted by Gasteiger charge is 2.04. The maximum atomic E-state index is 5.45. The summed E-state index contributed by atoms with van der Waals surface area (Å²) < 4.78 is 0. The molecular weight excluding hydrogens is 164 g/mol. The van der Waals surface area contributed by atoms with Crippen LogP contribution in [0.4, 0.5) is 0 Å². The van der Waals surface area contributed by atoms with Gasteiger partial charge < -0.3 is 0 Å². The molecule has 0 spiro atoms. The van der Waals surface area contributed by atoms with Crippen molar-refractivity contribution in [2.24, 2.45) is 0 Å². The van der Waals surface area contributed by atoms with Crippen LogP contribution in [0.15, 0.2) is 24.3 Å². The minimum atomic E-state index is 0.623. The Labute approximate surface area is 75.3 Å². The highest BCUT2D eigenvalue weighted by Crippen LogP contribution is 2.19. The first-order chi connectivity index (χ1) is 6.42. The van der Waals surface area contributed by atoms with Gasteiger partial charge in [0.2, 0.25) is 0 Å². The van der Waals surface area contributed by atoms with Gasteiger partial charge >= 0.3 is 0 Å². The van der Waals surface area contributed by atoms with Gasteiger partial charge in [-0.15, -0.1) is 5.10 Å². The molecule has 0 fully saturated rings. The van der Waals surface area contributed by atoms with Gasteiger partial charge in [-0.25, -0.2) is 5.10 Å². The van der Waals surface area contributed by atoms with E-state index in [0.29, 0.717) is 5.82 Å². The van der Waals surface area contributed by atoms with Crippen LogP contribution in [0.1, 0.15) is 5.56 Å². The van der Waals surface area contributed by atoms with Crippen molar-refractivity contribution in [2.45, 2.75) is 0 Å². The van der Waals surface area contributed by atoms with Crippen molar-refractivity contribution in [1.29, 1.82) is 0 Å². The van der Waals surface area contributed by atoms with Gasteiger partial charge in [-0.1, -0.05) is 36.9 Å². The van der Waals surface area contributed by atoms with Crippen molar-refractivity contribution in [3.05, 3.63) is 36.4 Å². The molecule has 4 heteroatoms. The minimum Gasteiger partial charge on any atom is -0.239 e. The first-order valence-electron chi connectivity index (χ1n) is 3.80. The van der Waals surface area contributed by atoms with Crippen molar-refractivity contribution >= 4 is 6.08 Å². The molecule has 0 atom stereocenters. The van der Waals surface area contributed by atoms with Crippen molar-refractivity contribution in [3.8, 4) is 11.4 Å². The molecule has 1 radical (unpaired) electrons. The van der Waals surface area contributed by atoms with E-state index in [1.54, 1.807) is 0 Å². The number of H-pyrrole nitrogens is 1. The SMILES string of the molecule is [CH]=Cc1ccccc1-c1nnn[nH]1. The largest absolute Gasteiger partial charge is 0.239 e. The van der Waals surface area contributed by atoms with E-state index < -0.39 is 0 Å². The van der Waals surface area contributed by atoms with Gasteiger partial charge in [0.25, 0.3) is 0 Å². The molecule has 0 unspecified atom stereocenters. The van der Waals surface area contributed by atoms with Gasteiger partial charge in [-0.05, 0) is 16.0 Å². The molecule has 0 bridgehead atoms. The number of rotatable bonds is 2. The number of hydrogen-bond acceptors (Lipinski definition) is 3. The van der Waals surface area contributed by atoms with Crippen molar-refractivity contribution in [2.75, 3.05) is 0 Å². The maximum absolute atomic E-state index is 5.45. The van der Waals surface area contributed by atoms with Crippen molar-refractivity contribution < 1.29 is 0 Å². The third-order valence-corrected chi connectivity index (χ3v) is 1.74. The second-order valence-corrected chi connectivity index (χ2v) is 2.50. The van der Waals surface area contributed by atoms with E-state index in [9.17, 15) is 0 Å². The predicted molar refractivity (Wildman–Crippen MR) is 48.4 cm³/mol. The monoisotopic (exact) mass is 171 g/mol. The zero-order chi connectivity index (χ0) is 9.10. The van der Waals surface area contributed by atoms with Crippen LogP contribution < -0.4 is 0 Å². The lowest BCUT2D eigenvalue weighted by Gasteiger charge is -1.99. The summed E-state index contributed by atoms with van der Waals surface area (Å²) in [6.07, 6.45) is 1.53. The standard InChI is InChI=1S/C9H7N4/c1-2-7-5-3-4-6-8(7)9-10-12-13-11-9/h1-6H,(H,10,11,12,13). The lowest BCUT2D eigenvalue weighted by atomic mass is 10.1. The Balaban J connectivity index is 2.57. The fraction of sp³-hybridized carbons (Fsp3) is 0. The summed E-state index contributed by atoms with van der Waals surface area (Å²) in [6.45, 7) is 5.45. The van der Waals surface area contributed by atoms with E-state index in [1.165, 1.54) is 6.08 Å². The normalized spacial score (nSPS) is 9.85. The molecule has 13 heavy (non-hydrogen) atoms. The number of nitrogens with zero attached hydrogens (tertiary/aromatic N) is 3. The Kier molecular flexibility index (Phi) is 1.88. The topological polar surface area (TPSA) is 54.5 Å². The lowest BCUT2D eigenvalue weighted by molar-refractivity contribution is 0.881. The molecule has 1 aromatic carbocycles. The van der Waals surface area contributed by atoms with Crippen LogP contribution in [0.5, 0.6) is 0 Å². The molecule has 0 aliphatic carbocycles. The molecule has 4 nitrogen and oxygen atoms in total. The third-order valence-electron chi connectivity index (χ3n) is 1.74. The predicted octanol–water partition coefficient (Wildman–Crippen LogP) is 1.31. The van der Waals surface area contributed by atoms with Gasteiger partial charge in [-0.2, -0.15) is 0 Å². The molecule has 0 aliphatic rings. The summed E-state index contributed by atoms with van der Waals surface area (Å²) in [4.78, 5) is 0. The summed E-state index contributed by atoms with van der Waals surface area (Å²) in [5, 5.41) is 13.5. The van der Waals surface area contributed by atoms with Crippen LogP contribution in [0.2, 0.25) is 0 Å². The summed E-state index contributed by atoms with van der Waals surface area (Å²) in [5.41, 5.74) is 1.80.